The third-order valence-corrected chi connectivity index (χ3v) is 7.82. The first-order valence-electron chi connectivity index (χ1n) is 15.7. The molecule has 0 unspecified atom stereocenters. The Hall–Kier alpha value is -4.53. The number of likely N-dealkylation sites (N-methyl/N-ethyl adjacent to an activating group) is 1. The molecule has 1 aliphatic heterocycles. The van der Waals surface area contributed by atoms with Crippen LogP contribution in [0.5, 0.6) is 11.5 Å². The molecule has 0 spiro atoms. The van der Waals surface area contributed by atoms with Crippen LogP contribution in [0.4, 0.5) is 0 Å². The number of ether oxygens (including phenoxy) is 2. The van der Waals surface area contributed by atoms with E-state index < -0.39 is 41.9 Å². The van der Waals surface area contributed by atoms with Crippen molar-refractivity contribution in [3.05, 3.63) is 47.5 Å². The van der Waals surface area contributed by atoms with Crippen molar-refractivity contribution >= 4 is 29.4 Å². The van der Waals surface area contributed by atoms with Crippen molar-refractivity contribution < 1.29 is 33.4 Å². The molecule has 14 heteroatoms. The molecule has 4 bridgehead atoms. The topological polar surface area (TPSA) is 207 Å². The van der Waals surface area contributed by atoms with E-state index in [0.717, 1.165) is 0 Å². The fourth-order valence-electron chi connectivity index (χ4n) is 5.05. The Balaban J connectivity index is 2.28. The summed E-state index contributed by atoms with van der Waals surface area (Å²) in [6.07, 6.45) is 0.184. The van der Waals surface area contributed by atoms with Crippen molar-refractivity contribution in [2.75, 3.05) is 46.9 Å². The average molecular weight is 654 g/mol. The van der Waals surface area contributed by atoms with Crippen LogP contribution in [-0.4, -0.2) is 99.4 Å². The van der Waals surface area contributed by atoms with Crippen molar-refractivity contribution in [1.29, 1.82) is 0 Å². The van der Waals surface area contributed by atoms with Crippen molar-refractivity contribution in [3.63, 3.8) is 0 Å². The van der Waals surface area contributed by atoms with Gasteiger partial charge in [0.05, 0.1) is 6.04 Å². The van der Waals surface area contributed by atoms with Crippen LogP contribution in [0, 0.1) is 0 Å². The minimum Gasteiger partial charge on any atom is -0.492 e. The summed E-state index contributed by atoms with van der Waals surface area (Å²) in [7, 11) is 3.25. The molecule has 0 saturated carbocycles. The van der Waals surface area contributed by atoms with Gasteiger partial charge in [-0.1, -0.05) is 12.1 Å². The number of ketones is 1. The summed E-state index contributed by atoms with van der Waals surface area (Å²) < 4.78 is 12.0. The molecule has 0 fully saturated rings. The monoisotopic (exact) mass is 653 g/mol. The Bertz CT molecular complexity index is 1450. The minimum atomic E-state index is -1.13. The molecule has 8 N–H and O–H groups in total. The van der Waals surface area contributed by atoms with Gasteiger partial charge in [-0.3, -0.25) is 24.0 Å². The molecule has 256 valence electrons. The summed E-state index contributed by atoms with van der Waals surface area (Å²) in [6, 6.07) is 6.37. The minimum absolute atomic E-state index is 0.0526. The van der Waals surface area contributed by atoms with Gasteiger partial charge >= 0.3 is 0 Å². The van der Waals surface area contributed by atoms with E-state index in [1.165, 1.54) is 25.8 Å². The van der Waals surface area contributed by atoms with Crippen molar-refractivity contribution in [2.24, 2.45) is 11.5 Å². The van der Waals surface area contributed by atoms with E-state index in [2.05, 4.69) is 21.3 Å². The van der Waals surface area contributed by atoms with Crippen LogP contribution in [0.3, 0.4) is 0 Å². The lowest BCUT2D eigenvalue weighted by atomic mass is 9.93. The smallest absolute Gasteiger partial charge is 0.248 e. The molecule has 1 heterocycles. The standard InChI is InChI=1S/C33H47N7O7/c1-19(21(3)41)37-32(44)26-17-22-6-8-27(46-14-11-34)24(16-22)25-18-23(7-9-28(25)47-15-12-35)30(40(5)29(42)10-13-36-4)33(45)38-20(2)31(43)39-26/h6-9,16,18-20,26,30,36H,10-15,17,34-35H2,1-5H3,(H,37,44)(H,38,45)(H,39,43)/t19-,20-,26-,30-/m0/s1. The lowest BCUT2D eigenvalue weighted by Gasteiger charge is -2.30. The van der Waals surface area contributed by atoms with E-state index in [9.17, 15) is 24.0 Å². The van der Waals surface area contributed by atoms with Crippen LogP contribution in [0.2, 0.25) is 0 Å². The number of nitrogens with zero attached hydrogens (tertiary/aromatic N) is 1. The van der Waals surface area contributed by atoms with E-state index >= 15 is 0 Å². The molecule has 2 aromatic carbocycles. The largest absolute Gasteiger partial charge is 0.492 e. The Morgan fingerprint density at radius 1 is 0.979 bits per heavy atom. The Kier molecular flexibility index (Phi) is 13.7. The maximum absolute atomic E-state index is 13.9. The van der Waals surface area contributed by atoms with Crippen LogP contribution in [0.25, 0.3) is 11.1 Å². The van der Waals surface area contributed by atoms with E-state index in [-0.39, 0.29) is 50.8 Å². The number of hydrogen-bond acceptors (Lipinski definition) is 10. The third kappa shape index (κ3) is 9.73. The summed E-state index contributed by atoms with van der Waals surface area (Å²) in [4.78, 5) is 67.2. The highest BCUT2D eigenvalue weighted by Crippen LogP contribution is 2.40. The molecule has 4 atom stereocenters. The summed E-state index contributed by atoms with van der Waals surface area (Å²) in [5.74, 6) is -1.43. The number of amides is 4. The first-order valence-corrected chi connectivity index (χ1v) is 15.7. The zero-order chi connectivity index (χ0) is 34.7. The Labute approximate surface area is 275 Å². The summed E-state index contributed by atoms with van der Waals surface area (Å²) in [5, 5.41) is 11.0. The molecule has 3 rings (SSSR count). The van der Waals surface area contributed by atoms with Gasteiger partial charge in [0.2, 0.25) is 23.6 Å². The SMILES string of the molecule is CNCCC(=O)N(C)[C@@H]1C(=O)N[C@@H](C)C(=O)N[C@H](C(=O)N[C@@H](C)C(C)=O)Cc2ccc(OCCN)c(c2)-c2cc1ccc2OCCN. The van der Waals surface area contributed by atoms with Crippen molar-refractivity contribution in [2.45, 2.75) is 57.8 Å². The molecule has 47 heavy (non-hydrogen) atoms. The highest BCUT2D eigenvalue weighted by molar-refractivity contribution is 5.96. The van der Waals surface area contributed by atoms with Gasteiger partial charge in [-0.25, -0.2) is 0 Å². The lowest BCUT2D eigenvalue weighted by Crippen LogP contribution is -2.56. The van der Waals surface area contributed by atoms with Gasteiger partial charge in [0, 0.05) is 50.7 Å². The van der Waals surface area contributed by atoms with Crippen LogP contribution in [0.15, 0.2) is 36.4 Å². The van der Waals surface area contributed by atoms with Gasteiger partial charge in [0.1, 0.15) is 42.8 Å². The van der Waals surface area contributed by atoms with Gasteiger partial charge in [-0.15, -0.1) is 0 Å². The van der Waals surface area contributed by atoms with E-state index in [0.29, 0.717) is 40.3 Å². The molecular formula is C33H47N7O7. The van der Waals surface area contributed by atoms with E-state index in [1.807, 2.05) is 6.07 Å². The van der Waals surface area contributed by atoms with E-state index in [4.69, 9.17) is 20.9 Å². The van der Waals surface area contributed by atoms with Gasteiger partial charge in [-0.2, -0.15) is 0 Å². The normalized spacial score (nSPS) is 18.6. The maximum Gasteiger partial charge on any atom is 0.248 e. The van der Waals surface area contributed by atoms with Crippen LogP contribution >= 0.6 is 0 Å². The van der Waals surface area contributed by atoms with Crippen molar-refractivity contribution in [1.82, 2.24) is 26.2 Å². The molecule has 0 radical (unpaired) electrons. The maximum atomic E-state index is 13.9. The van der Waals surface area contributed by atoms with Crippen LogP contribution < -0.4 is 42.2 Å². The number of carbonyl (C=O) groups excluding carboxylic acids is 5. The van der Waals surface area contributed by atoms with E-state index in [1.54, 1.807) is 44.3 Å². The van der Waals surface area contributed by atoms with Gasteiger partial charge in [0.15, 0.2) is 5.78 Å². The highest BCUT2D eigenvalue weighted by atomic mass is 16.5. The van der Waals surface area contributed by atoms with Gasteiger partial charge in [0.25, 0.3) is 0 Å². The zero-order valence-corrected chi connectivity index (χ0v) is 27.7. The number of nitrogens with two attached hydrogens (primary N) is 2. The second-order valence-corrected chi connectivity index (χ2v) is 11.5. The predicted octanol–water partition coefficient (Wildman–Crippen LogP) is -0.223. The number of fused-ring (bicyclic) bond motifs is 5. The lowest BCUT2D eigenvalue weighted by molar-refractivity contribution is -0.140. The third-order valence-electron chi connectivity index (χ3n) is 7.82. The first kappa shape index (κ1) is 36.9. The Morgan fingerprint density at radius 2 is 1.60 bits per heavy atom. The molecule has 0 saturated heterocycles. The fraction of sp³-hybridized carbons (Fsp3) is 0.485. The molecule has 2 aromatic rings. The fourth-order valence-corrected chi connectivity index (χ4v) is 5.05. The number of rotatable bonds is 13. The molecule has 0 aromatic heterocycles. The highest BCUT2D eigenvalue weighted by Gasteiger charge is 2.33. The number of Topliss-reactive ketones (excluding diaryl/α,β-unsaturated/α-hetero) is 1. The Morgan fingerprint density at radius 3 is 2.19 bits per heavy atom. The van der Waals surface area contributed by atoms with Gasteiger partial charge in [-0.05, 0) is 63.2 Å². The second-order valence-electron chi connectivity index (χ2n) is 11.5. The summed E-state index contributed by atoms with van der Waals surface area (Å²) in [5.41, 5.74) is 13.8. The van der Waals surface area contributed by atoms with Crippen LogP contribution in [0.1, 0.15) is 44.4 Å². The quantitative estimate of drug-likeness (QED) is 0.168. The number of nitrogens with one attached hydrogen (secondary N) is 4. The summed E-state index contributed by atoms with van der Waals surface area (Å²) >= 11 is 0. The molecule has 0 aliphatic carbocycles. The summed E-state index contributed by atoms with van der Waals surface area (Å²) in [6.45, 7) is 5.71. The first-order chi connectivity index (χ1) is 22.4. The number of carbonyl (C=O) groups is 5. The number of hydrogen-bond donors (Lipinski definition) is 6. The van der Waals surface area contributed by atoms with Crippen LogP contribution in [-0.2, 0) is 30.4 Å². The zero-order valence-electron chi connectivity index (χ0n) is 27.7. The molecule has 1 aliphatic rings. The average Bonchev–Trinajstić information content (AvgIpc) is 3.04. The molecule has 4 amide bonds. The predicted molar refractivity (Wildman–Crippen MR) is 177 cm³/mol. The van der Waals surface area contributed by atoms with Crippen molar-refractivity contribution in [3.8, 4) is 22.6 Å². The second kappa shape index (κ2) is 17.4. The molecule has 14 nitrogen and oxygen atoms in total. The van der Waals surface area contributed by atoms with Gasteiger partial charge < -0.3 is 47.1 Å². The number of benzene rings is 2. The molecular weight excluding hydrogens is 606 g/mol.